The van der Waals surface area contributed by atoms with Crippen molar-refractivity contribution < 1.29 is 23.8 Å². The number of hydrogen-bond donors (Lipinski definition) is 0. The van der Waals surface area contributed by atoms with Gasteiger partial charge in [-0.05, 0) is 71.1 Å². The number of carbonyl (C=O) groups excluding carboxylic acids is 2. The molecule has 6 nitrogen and oxygen atoms in total. The summed E-state index contributed by atoms with van der Waals surface area (Å²) >= 11 is 0. The normalized spacial score (nSPS) is 13.2. The van der Waals surface area contributed by atoms with Crippen LogP contribution in [-0.4, -0.2) is 43.6 Å². The van der Waals surface area contributed by atoms with Gasteiger partial charge in [0.05, 0.1) is 14.2 Å². The Morgan fingerprint density at radius 3 is 2.27 bits per heavy atom. The van der Waals surface area contributed by atoms with Gasteiger partial charge in [-0.1, -0.05) is 30.3 Å². The average molecular weight is 446 g/mol. The summed E-state index contributed by atoms with van der Waals surface area (Å²) in [6, 6.07) is 19.5. The number of fused-ring (bicyclic) bond motifs is 1. The lowest BCUT2D eigenvalue weighted by atomic mass is 10.1. The van der Waals surface area contributed by atoms with Gasteiger partial charge in [-0.2, -0.15) is 0 Å². The van der Waals surface area contributed by atoms with Crippen molar-refractivity contribution in [3.63, 3.8) is 0 Å². The highest BCUT2D eigenvalue weighted by atomic mass is 16.5. The molecule has 4 rings (SSSR count). The summed E-state index contributed by atoms with van der Waals surface area (Å²) in [5.74, 6) is 0.842. The van der Waals surface area contributed by atoms with Crippen LogP contribution in [0, 0.1) is 0 Å². The molecule has 0 atom stereocenters. The Kier molecular flexibility index (Phi) is 6.93. The third-order valence-electron chi connectivity index (χ3n) is 5.64. The van der Waals surface area contributed by atoms with Crippen LogP contribution in [0.25, 0.3) is 16.8 Å². The van der Waals surface area contributed by atoms with Crippen molar-refractivity contribution in [3.05, 3.63) is 77.9 Å². The number of rotatable bonds is 9. The van der Waals surface area contributed by atoms with Gasteiger partial charge in [0.1, 0.15) is 11.5 Å². The highest BCUT2D eigenvalue weighted by molar-refractivity contribution is 5.91. The molecule has 3 aromatic rings. The van der Waals surface area contributed by atoms with Gasteiger partial charge >= 0.3 is 5.97 Å². The summed E-state index contributed by atoms with van der Waals surface area (Å²) in [6.45, 7) is 0.218. The maximum Gasteiger partial charge on any atom is 0.331 e. The molecule has 0 heterocycles. The summed E-state index contributed by atoms with van der Waals surface area (Å²) in [7, 11) is 3.26. The number of nitrogens with zero attached hydrogens (tertiary/aromatic N) is 1. The van der Waals surface area contributed by atoms with Crippen LogP contribution in [0.5, 0.6) is 11.5 Å². The lowest BCUT2D eigenvalue weighted by Crippen LogP contribution is -2.35. The fraction of sp³-hybridized carbons (Fsp3) is 0.259. The first-order valence-electron chi connectivity index (χ1n) is 10.9. The van der Waals surface area contributed by atoms with E-state index in [9.17, 15) is 9.59 Å². The van der Waals surface area contributed by atoms with Crippen LogP contribution in [0.1, 0.15) is 24.0 Å². The lowest BCUT2D eigenvalue weighted by Gasteiger charge is -2.22. The Labute approximate surface area is 193 Å². The van der Waals surface area contributed by atoms with Crippen LogP contribution < -0.4 is 9.47 Å². The summed E-state index contributed by atoms with van der Waals surface area (Å²) in [5.41, 5.74) is 1.88. The molecule has 0 bridgehead atoms. The topological polar surface area (TPSA) is 65.1 Å². The van der Waals surface area contributed by atoms with Gasteiger partial charge in [0.2, 0.25) is 0 Å². The SMILES string of the molecule is COc1ccc(CN(C(=O)COC(=O)/C=C/c2ccc3cc(OC)ccc3c2)C2CC2)cc1. The molecule has 1 aliphatic carbocycles. The Morgan fingerprint density at radius 1 is 0.909 bits per heavy atom. The minimum atomic E-state index is -0.543. The van der Waals surface area contributed by atoms with Gasteiger partial charge in [-0.25, -0.2) is 4.79 Å². The molecule has 1 saturated carbocycles. The van der Waals surface area contributed by atoms with E-state index in [1.54, 1.807) is 25.2 Å². The van der Waals surface area contributed by atoms with E-state index in [2.05, 4.69) is 0 Å². The maximum absolute atomic E-state index is 12.7. The van der Waals surface area contributed by atoms with Gasteiger partial charge in [-0.3, -0.25) is 4.79 Å². The van der Waals surface area contributed by atoms with Crippen molar-refractivity contribution >= 4 is 28.7 Å². The molecule has 0 aromatic heterocycles. The maximum atomic E-state index is 12.7. The standard InChI is InChI=1S/C27H27NO5/c1-31-24-11-4-20(5-12-24)17-28(23-9-10-23)26(29)18-33-27(30)14-6-19-3-7-22-16-25(32-2)13-8-21(22)15-19/h3-8,11-16,23H,9-10,17-18H2,1-2H3/b14-6+. The molecule has 0 unspecified atom stereocenters. The Hall–Kier alpha value is -3.80. The Bertz CT molecular complexity index is 1160. The molecule has 0 radical (unpaired) electrons. The largest absolute Gasteiger partial charge is 0.497 e. The van der Waals surface area contributed by atoms with Crippen LogP contribution in [0.2, 0.25) is 0 Å². The third-order valence-corrected chi connectivity index (χ3v) is 5.64. The Morgan fingerprint density at radius 2 is 1.58 bits per heavy atom. The van der Waals surface area contributed by atoms with Crippen LogP contribution in [0.15, 0.2) is 66.7 Å². The van der Waals surface area contributed by atoms with E-state index in [1.807, 2.05) is 60.7 Å². The van der Waals surface area contributed by atoms with Crippen molar-refractivity contribution in [1.29, 1.82) is 0 Å². The number of methoxy groups -OCH3 is 2. The number of esters is 1. The van der Waals surface area contributed by atoms with Gasteiger partial charge in [0, 0.05) is 18.7 Å². The molecule has 1 amide bonds. The molecule has 0 saturated heterocycles. The Balaban J connectivity index is 1.32. The second-order valence-electron chi connectivity index (χ2n) is 8.01. The second kappa shape index (κ2) is 10.2. The van der Waals surface area contributed by atoms with E-state index in [0.717, 1.165) is 46.2 Å². The van der Waals surface area contributed by atoms with Gasteiger partial charge in [-0.15, -0.1) is 0 Å². The number of carbonyl (C=O) groups is 2. The summed E-state index contributed by atoms with van der Waals surface area (Å²) in [4.78, 5) is 26.7. The molecule has 0 spiro atoms. The molecule has 0 N–H and O–H groups in total. The number of hydrogen-bond acceptors (Lipinski definition) is 5. The monoisotopic (exact) mass is 445 g/mol. The highest BCUT2D eigenvalue weighted by Gasteiger charge is 2.32. The van der Waals surface area contributed by atoms with Gasteiger partial charge in [0.25, 0.3) is 5.91 Å². The molecule has 170 valence electrons. The minimum Gasteiger partial charge on any atom is -0.497 e. The zero-order valence-corrected chi connectivity index (χ0v) is 18.8. The zero-order chi connectivity index (χ0) is 23.2. The first-order chi connectivity index (χ1) is 16.1. The molecule has 0 aliphatic heterocycles. The van der Waals surface area contributed by atoms with Gasteiger partial charge in [0.15, 0.2) is 6.61 Å². The number of ether oxygens (including phenoxy) is 3. The van der Waals surface area contributed by atoms with Crippen LogP contribution in [0.4, 0.5) is 0 Å². The van der Waals surface area contributed by atoms with Crippen molar-refractivity contribution in [2.75, 3.05) is 20.8 Å². The average Bonchev–Trinajstić information content (AvgIpc) is 3.69. The van der Waals surface area contributed by atoms with Crippen LogP contribution in [0.3, 0.4) is 0 Å². The van der Waals surface area contributed by atoms with Crippen LogP contribution >= 0.6 is 0 Å². The molecule has 6 heteroatoms. The van der Waals surface area contributed by atoms with Gasteiger partial charge < -0.3 is 19.1 Å². The van der Waals surface area contributed by atoms with E-state index in [-0.39, 0.29) is 18.6 Å². The predicted octanol–water partition coefficient (Wildman–Crippen LogP) is 4.60. The first-order valence-corrected chi connectivity index (χ1v) is 10.9. The molecular weight excluding hydrogens is 418 g/mol. The van der Waals surface area contributed by atoms with E-state index in [0.29, 0.717) is 6.54 Å². The molecular formula is C27H27NO5. The van der Waals surface area contributed by atoms with E-state index >= 15 is 0 Å². The second-order valence-corrected chi connectivity index (χ2v) is 8.01. The lowest BCUT2D eigenvalue weighted by molar-refractivity contribution is -0.148. The van der Waals surface area contributed by atoms with Crippen molar-refractivity contribution in [2.24, 2.45) is 0 Å². The molecule has 33 heavy (non-hydrogen) atoms. The minimum absolute atomic E-state index is 0.185. The third kappa shape index (κ3) is 5.92. The van der Waals surface area contributed by atoms with Crippen molar-refractivity contribution in [3.8, 4) is 11.5 Å². The number of amides is 1. The molecule has 1 aliphatic rings. The molecule has 3 aromatic carbocycles. The zero-order valence-electron chi connectivity index (χ0n) is 18.8. The van der Waals surface area contributed by atoms with Crippen molar-refractivity contribution in [2.45, 2.75) is 25.4 Å². The number of benzene rings is 3. The van der Waals surface area contributed by atoms with E-state index in [4.69, 9.17) is 14.2 Å². The predicted molar refractivity (Wildman–Crippen MR) is 127 cm³/mol. The van der Waals surface area contributed by atoms with Crippen molar-refractivity contribution in [1.82, 2.24) is 4.90 Å². The highest BCUT2D eigenvalue weighted by Crippen LogP contribution is 2.29. The van der Waals surface area contributed by atoms with E-state index in [1.165, 1.54) is 6.08 Å². The summed E-state index contributed by atoms with van der Waals surface area (Å²) in [6.07, 6.45) is 4.99. The molecule has 1 fully saturated rings. The summed E-state index contributed by atoms with van der Waals surface area (Å²) < 4.78 is 15.6. The first kappa shape index (κ1) is 22.4. The fourth-order valence-corrected chi connectivity index (χ4v) is 3.64. The fourth-order valence-electron chi connectivity index (χ4n) is 3.64. The van der Waals surface area contributed by atoms with Crippen LogP contribution in [-0.2, 0) is 20.9 Å². The van der Waals surface area contributed by atoms with E-state index < -0.39 is 5.97 Å². The smallest absolute Gasteiger partial charge is 0.331 e. The quantitative estimate of drug-likeness (QED) is 0.356. The summed E-state index contributed by atoms with van der Waals surface area (Å²) in [5, 5.41) is 2.09.